The number of nitrogens with one attached hydrogen (secondary N) is 1. The molecule has 1 unspecified atom stereocenters. The summed E-state index contributed by atoms with van der Waals surface area (Å²) in [5.74, 6) is -0.212. The van der Waals surface area contributed by atoms with Crippen LogP contribution in [0.3, 0.4) is 0 Å². The van der Waals surface area contributed by atoms with E-state index in [-0.39, 0.29) is 11.6 Å². The summed E-state index contributed by atoms with van der Waals surface area (Å²) in [6.07, 6.45) is 3.35. The highest BCUT2D eigenvalue weighted by molar-refractivity contribution is 5.80. The van der Waals surface area contributed by atoms with Gasteiger partial charge in [0.15, 0.2) is 0 Å². The molecule has 0 aliphatic heterocycles. The zero-order valence-corrected chi connectivity index (χ0v) is 14.6. The molecular weight excluding hydrogens is 270 g/mol. The summed E-state index contributed by atoms with van der Waals surface area (Å²) < 4.78 is 15.9. The normalized spacial score (nSPS) is 14.8. The van der Waals surface area contributed by atoms with Crippen molar-refractivity contribution in [2.45, 2.75) is 64.5 Å². The first-order valence-corrected chi connectivity index (χ1v) is 7.77. The van der Waals surface area contributed by atoms with Crippen LogP contribution in [-0.2, 0) is 19.0 Å². The lowest BCUT2D eigenvalue weighted by Gasteiger charge is -2.28. The highest BCUT2D eigenvalue weighted by atomic mass is 16.5. The van der Waals surface area contributed by atoms with Gasteiger partial charge in [-0.25, -0.2) is 0 Å². The second kappa shape index (κ2) is 10.1. The van der Waals surface area contributed by atoms with Crippen molar-refractivity contribution in [1.29, 1.82) is 0 Å². The quantitative estimate of drug-likeness (QED) is 0.443. The van der Waals surface area contributed by atoms with Gasteiger partial charge in [0.1, 0.15) is 5.54 Å². The average Bonchev–Trinajstić information content (AvgIpc) is 2.47. The fourth-order valence-electron chi connectivity index (χ4n) is 1.94. The van der Waals surface area contributed by atoms with Crippen molar-refractivity contribution in [3.8, 4) is 0 Å². The highest BCUT2D eigenvalue weighted by Crippen LogP contribution is 2.16. The zero-order chi connectivity index (χ0) is 16.4. The van der Waals surface area contributed by atoms with Gasteiger partial charge in [0.05, 0.1) is 12.7 Å². The fraction of sp³-hybridized carbons (Fsp3) is 0.938. The van der Waals surface area contributed by atoms with Gasteiger partial charge in [-0.2, -0.15) is 0 Å². The summed E-state index contributed by atoms with van der Waals surface area (Å²) >= 11 is 0. The number of carbonyl (C=O) groups excluding carboxylic acids is 1. The van der Waals surface area contributed by atoms with Gasteiger partial charge >= 0.3 is 5.97 Å². The van der Waals surface area contributed by atoms with Crippen LogP contribution in [0, 0.1) is 0 Å². The Balaban J connectivity index is 4.01. The molecule has 0 bridgehead atoms. The Bertz CT molecular complexity index is 294. The number of hydrogen-bond acceptors (Lipinski definition) is 5. The van der Waals surface area contributed by atoms with E-state index in [1.807, 2.05) is 20.8 Å². The van der Waals surface area contributed by atoms with Gasteiger partial charge in [-0.15, -0.1) is 0 Å². The van der Waals surface area contributed by atoms with Crippen LogP contribution in [0.4, 0.5) is 0 Å². The van der Waals surface area contributed by atoms with Crippen LogP contribution < -0.4 is 5.32 Å². The summed E-state index contributed by atoms with van der Waals surface area (Å²) in [7, 11) is 3.14. The van der Waals surface area contributed by atoms with E-state index in [1.54, 1.807) is 7.11 Å². The van der Waals surface area contributed by atoms with Gasteiger partial charge in [-0.05, 0) is 53.0 Å². The van der Waals surface area contributed by atoms with Crippen molar-refractivity contribution < 1.29 is 19.0 Å². The molecule has 0 heterocycles. The van der Waals surface area contributed by atoms with Crippen molar-refractivity contribution in [2.75, 3.05) is 34.0 Å². The Hall–Kier alpha value is -0.650. The largest absolute Gasteiger partial charge is 0.468 e. The van der Waals surface area contributed by atoms with E-state index in [9.17, 15) is 4.79 Å². The predicted molar refractivity (Wildman–Crippen MR) is 84.5 cm³/mol. The monoisotopic (exact) mass is 303 g/mol. The third-order valence-corrected chi connectivity index (χ3v) is 3.77. The number of carbonyl (C=O) groups is 1. The number of rotatable bonds is 12. The summed E-state index contributed by atoms with van der Waals surface area (Å²) in [5, 5.41) is 3.27. The molecule has 0 aromatic rings. The van der Waals surface area contributed by atoms with Crippen LogP contribution in [0.2, 0.25) is 0 Å². The molecule has 0 radical (unpaired) electrons. The third kappa shape index (κ3) is 8.39. The van der Waals surface area contributed by atoms with E-state index < -0.39 is 5.54 Å². The summed E-state index contributed by atoms with van der Waals surface area (Å²) in [6, 6.07) is 0. The Kier molecular flexibility index (Phi) is 9.83. The lowest BCUT2D eigenvalue weighted by molar-refractivity contribution is -0.148. The minimum Gasteiger partial charge on any atom is -0.468 e. The molecule has 0 rings (SSSR count). The van der Waals surface area contributed by atoms with Crippen molar-refractivity contribution in [3.05, 3.63) is 0 Å². The number of methoxy groups -OCH3 is 2. The molecule has 0 aliphatic rings. The lowest BCUT2D eigenvalue weighted by Crippen LogP contribution is -2.50. The molecule has 126 valence electrons. The molecule has 0 aliphatic carbocycles. The van der Waals surface area contributed by atoms with Crippen molar-refractivity contribution >= 4 is 5.97 Å². The molecule has 0 spiro atoms. The van der Waals surface area contributed by atoms with E-state index in [4.69, 9.17) is 14.2 Å². The van der Waals surface area contributed by atoms with Crippen LogP contribution in [-0.4, -0.2) is 51.1 Å². The summed E-state index contributed by atoms with van der Waals surface area (Å²) in [5.41, 5.74) is -0.775. The molecular formula is C16H33NO4. The van der Waals surface area contributed by atoms with Gasteiger partial charge in [-0.3, -0.25) is 4.79 Å². The summed E-state index contributed by atoms with van der Waals surface area (Å²) in [4.78, 5) is 11.9. The van der Waals surface area contributed by atoms with Crippen LogP contribution in [0.15, 0.2) is 0 Å². The minimum absolute atomic E-state index is 0.150. The molecule has 5 heteroatoms. The Labute approximate surface area is 129 Å². The number of esters is 1. The number of hydrogen-bond donors (Lipinski definition) is 1. The molecule has 0 aromatic carbocycles. The predicted octanol–water partition coefficient (Wildman–Crippen LogP) is 2.53. The van der Waals surface area contributed by atoms with Crippen LogP contribution in [0.1, 0.15) is 53.4 Å². The van der Waals surface area contributed by atoms with Gasteiger partial charge in [0.2, 0.25) is 0 Å². The molecule has 0 aromatic heterocycles. The molecule has 0 saturated heterocycles. The van der Waals surface area contributed by atoms with Gasteiger partial charge in [0, 0.05) is 20.3 Å². The Morgan fingerprint density at radius 1 is 1.10 bits per heavy atom. The van der Waals surface area contributed by atoms with Crippen molar-refractivity contribution in [3.63, 3.8) is 0 Å². The van der Waals surface area contributed by atoms with E-state index in [2.05, 4.69) is 12.2 Å². The van der Waals surface area contributed by atoms with Crippen molar-refractivity contribution in [2.24, 2.45) is 0 Å². The molecule has 1 atom stereocenters. The first-order valence-electron chi connectivity index (χ1n) is 7.77. The zero-order valence-electron chi connectivity index (χ0n) is 14.6. The molecule has 5 nitrogen and oxygen atoms in total. The standard InChI is InChI=1S/C16H33NO4/c1-7-11-17-16(4,14(18)19-5)9-8-12-21-13-10-15(2,3)20-6/h17H,7-13H2,1-6H3. The summed E-state index contributed by atoms with van der Waals surface area (Å²) in [6.45, 7) is 10.2. The number of ether oxygens (including phenoxy) is 3. The Morgan fingerprint density at radius 3 is 2.29 bits per heavy atom. The van der Waals surface area contributed by atoms with Gasteiger partial charge in [0.25, 0.3) is 0 Å². The first kappa shape index (κ1) is 20.3. The molecule has 1 N–H and O–H groups in total. The van der Waals surface area contributed by atoms with Crippen molar-refractivity contribution in [1.82, 2.24) is 5.32 Å². The first-order chi connectivity index (χ1) is 9.81. The van der Waals surface area contributed by atoms with Crippen LogP contribution in [0.5, 0.6) is 0 Å². The smallest absolute Gasteiger partial charge is 0.325 e. The van der Waals surface area contributed by atoms with E-state index >= 15 is 0 Å². The average molecular weight is 303 g/mol. The van der Waals surface area contributed by atoms with E-state index in [1.165, 1.54) is 7.11 Å². The van der Waals surface area contributed by atoms with E-state index in [0.29, 0.717) is 19.6 Å². The van der Waals surface area contributed by atoms with Crippen LogP contribution in [0.25, 0.3) is 0 Å². The maximum absolute atomic E-state index is 11.9. The molecule has 0 saturated carbocycles. The second-order valence-electron chi connectivity index (χ2n) is 6.18. The maximum Gasteiger partial charge on any atom is 0.325 e. The third-order valence-electron chi connectivity index (χ3n) is 3.77. The van der Waals surface area contributed by atoms with Crippen LogP contribution >= 0.6 is 0 Å². The molecule has 0 amide bonds. The Morgan fingerprint density at radius 2 is 1.76 bits per heavy atom. The minimum atomic E-state index is -0.625. The van der Waals surface area contributed by atoms with Gasteiger partial charge in [-0.1, -0.05) is 6.92 Å². The highest BCUT2D eigenvalue weighted by Gasteiger charge is 2.32. The van der Waals surface area contributed by atoms with Gasteiger partial charge < -0.3 is 19.5 Å². The SMILES string of the molecule is CCCNC(C)(CCCOCCC(C)(C)OC)C(=O)OC. The molecule has 0 fully saturated rings. The second-order valence-corrected chi connectivity index (χ2v) is 6.18. The molecule has 21 heavy (non-hydrogen) atoms. The van der Waals surface area contributed by atoms with E-state index in [0.717, 1.165) is 25.8 Å². The fourth-order valence-corrected chi connectivity index (χ4v) is 1.94. The lowest BCUT2D eigenvalue weighted by atomic mass is 9.96. The maximum atomic E-state index is 11.9. The topological polar surface area (TPSA) is 56.8 Å².